The maximum atomic E-state index is 12.8. The summed E-state index contributed by atoms with van der Waals surface area (Å²) in [6, 6.07) is 10.1. The molecule has 2 aromatic rings. The third-order valence-electron chi connectivity index (χ3n) is 4.91. The minimum absolute atomic E-state index is 0.0520. The van der Waals surface area contributed by atoms with Gasteiger partial charge in [0.15, 0.2) is 6.10 Å². The molecule has 2 aromatic carbocycles. The van der Waals surface area contributed by atoms with E-state index >= 15 is 0 Å². The molecule has 0 saturated heterocycles. The van der Waals surface area contributed by atoms with Gasteiger partial charge in [0.2, 0.25) is 5.91 Å². The Hall–Kier alpha value is -3.35. The maximum Gasteiger partial charge on any atom is 0.335 e. The van der Waals surface area contributed by atoms with Gasteiger partial charge in [-0.25, -0.2) is 4.79 Å². The lowest BCUT2D eigenvalue weighted by Crippen LogP contribution is -2.47. The zero-order chi connectivity index (χ0) is 21.3. The molecule has 29 heavy (non-hydrogen) atoms. The standard InChI is InChI=1S/C22H24N2O5/c1-12(2)16-7-5-6-13(3)20(16)23-19(25)11-24-17-9-8-15(22(27)28)10-18(17)29-14(4)21(24)26/h5-10,12,14H,11H2,1-4H3,(H,23,25)(H,27,28). The van der Waals surface area contributed by atoms with Crippen molar-refractivity contribution in [2.24, 2.45) is 0 Å². The van der Waals surface area contributed by atoms with Crippen LogP contribution in [0.2, 0.25) is 0 Å². The molecule has 0 spiro atoms. The van der Waals surface area contributed by atoms with E-state index in [2.05, 4.69) is 5.32 Å². The third kappa shape index (κ3) is 4.08. The molecular weight excluding hydrogens is 372 g/mol. The number of anilines is 2. The Morgan fingerprint density at radius 2 is 1.97 bits per heavy atom. The number of ether oxygens (including phenoxy) is 1. The van der Waals surface area contributed by atoms with Crippen LogP contribution in [0, 0.1) is 6.92 Å². The SMILES string of the molecule is Cc1cccc(C(C)C)c1NC(=O)CN1C(=O)C(C)Oc2cc(C(=O)O)ccc21. The van der Waals surface area contributed by atoms with Gasteiger partial charge in [-0.1, -0.05) is 32.0 Å². The summed E-state index contributed by atoms with van der Waals surface area (Å²) in [5.41, 5.74) is 3.14. The summed E-state index contributed by atoms with van der Waals surface area (Å²) in [5, 5.41) is 12.1. The van der Waals surface area contributed by atoms with E-state index in [1.807, 2.05) is 39.0 Å². The molecule has 0 fully saturated rings. The summed E-state index contributed by atoms with van der Waals surface area (Å²) in [7, 11) is 0. The number of carboxylic acid groups (broad SMARTS) is 1. The number of benzene rings is 2. The van der Waals surface area contributed by atoms with Gasteiger partial charge in [0, 0.05) is 5.69 Å². The van der Waals surface area contributed by atoms with Gasteiger partial charge < -0.3 is 15.2 Å². The summed E-state index contributed by atoms with van der Waals surface area (Å²) in [6.07, 6.45) is -0.816. The van der Waals surface area contributed by atoms with E-state index in [1.165, 1.54) is 23.1 Å². The fourth-order valence-electron chi connectivity index (χ4n) is 3.37. The molecule has 1 atom stereocenters. The molecule has 1 aliphatic heterocycles. The Morgan fingerprint density at radius 1 is 1.24 bits per heavy atom. The van der Waals surface area contributed by atoms with Crippen molar-refractivity contribution < 1.29 is 24.2 Å². The first-order valence-electron chi connectivity index (χ1n) is 9.43. The number of carbonyl (C=O) groups excluding carboxylic acids is 2. The van der Waals surface area contributed by atoms with Crippen LogP contribution >= 0.6 is 0 Å². The average molecular weight is 396 g/mol. The van der Waals surface area contributed by atoms with Crippen molar-refractivity contribution in [3.8, 4) is 5.75 Å². The second-order valence-electron chi connectivity index (χ2n) is 7.41. The average Bonchev–Trinajstić information content (AvgIpc) is 2.66. The zero-order valence-electron chi connectivity index (χ0n) is 16.9. The van der Waals surface area contributed by atoms with E-state index < -0.39 is 12.1 Å². The van der Waals surface area contributed by atoms with Gasteiger partial charge in [0.05, 0.1) is 11.3 Å². The number of amides is 2. The molecule has 0 radical (unpaired) electrons. The molecule has 3 rings (SSSR count). The lowest BCUT2D eigenvalue weighted by atomic mass is 9.98. The quantitative estimate of drug-likeness (QED) is 0.805. The van der Waals surface area contributed by atoms with Crippen LogP contribution < -0.4 is 15.0 Å². The Labute approximate surface area is 169 Å². The number of para-hydroxylation sites is 1. The molecule has 1 heterocycles. The van der Waals surface area contributed by atoms with E-state index in [-0.39, 0.29) is 35.6 Å². The third-order valence-corrected chi connectivity index (χ3v) is 4.91. The zero-order valence-corrected chi connectivity index (χ0v) is 16.9. The minimum atomic E-state index is -1.09. The highest BCUT2D eigenvalue weighted by Crippen LogP contribution is 2.35. The molecule has 0 aliphatic carbocycles. The molecule has 2 N–H and O–H groups in total. The van der Waals surface area contributed by atoms with Crippen molar-refractivity contribution in [3.63, 3.8) is 0 Å². The summed E-state index contributed by atoms with van der Waals surface area (Å²) < 4.78 is 5.55. The van der Waals surface area contributed by atoms with Crippen molar-refractivity contribution in [3.05, 3.63) is 53.1 Å². The van der Waals surface area contributed by atoms with Crippen LogP contribution in [0.15, 0.2) is 36.4 Å². The molecule has 0 aromatic heterocycles. The number of aromatic carboxylic acids is 1. The molecule has 152 valence electrons. The molecule has 0 bridgehead atoms. The Kier molecular flexibility index (Phi) is 5.59. The normalized spacial score (nSPS) is 15.7. The Bertz CT molecular complexity index is 983. The van der Waals surface area contributed by atoms with Crippen molar-refractivity contribution in [1.82, 2.24) is 0 Å². The van der Waals surface area contributed by atoms with Gasteiger partial charge >= 0.3 is 5.97 Å². The lowest BCUT2D eigenvalue weighted by Gasteiger charge is -2.32. The predicted molar refractivity (Wildman–Crippen MR) is 110 cm³/mol. The number of carboxylic acids is 1. The van der Waals surface area contributed by atoms with Crippen LogP contribution in [0.25, 0.3) is 0 Å². The largest absolute Gasteiger partial charge is 0.479 e. The number of fused-ring (bicyclic) bond motifs is 1. The smallest absolute Gasteiger partial charge is 0.335 e. The topological polar surface area (TPSA) is 95.9 Å². The number of nitrogens with one attached hydrogen (secondary N) is 1. The van der Waals surface area contributed by atoms with E-state index in [9.17, 15) is 19.5 Å². The van der Waals surface area contributed by atoms with Crippen molar-refractivity contribution in [2.75, 3.05) is 16.8 Å². The molecule has 7 heteroatoms. The highest BCUT2D eigenvalue weighted by atomic mass is 16.5. The van der Waals surface area contributed by atoms with Gasteiger partial charge in [0.25, 0.3) is 5.91 Å². The fourth-order valence-corrected chi connectivity index (χ4v) is 3.37. The molecule has 0 saturated carbocycles. The highest BCUT2D eigenvalue weighted by molar-refractivity contribution is 6.07. The van der Waals surface area contributed by atoms with E-state index in [1.54, 1.807) is 6.92 Å². The van der Waals surface area contributed by atoms with Crippen LogP contribution in [-0.2, 0) is 9.59 Å². The number of hydrogen-bond acceptors (Lipinski definition) is 4. The first-order valence-corrected chi connectivity index (χ1v) is 9.43. The number of carbonyl (C=O) groups is 3. The van der Waals surface area contributed by atoms with Crippen molar-refractivity contribution in [2.45, 2.75) is 39.7 Å². The Morgan fingerprint density at radius 3 is 2.62 bits per heavy atom. The lowest BCUT2D eigenvalue weighted by molar-refractivity contribution is -0.127. The summed E-state index contributed by atoms with van der Waals surface area (Å²) in [5.74, 6) is -1.29. The van der Waals surface area contributed by atoms with E-state index in [4.69, 9.17) is 4.74 Å². The van der Waals surface area contributed by atoms with E-state index in [0.717, 1.165) is 16.8 Å². The second-order valence-corrected chi connectivity index (χ2v) is 7.41. The van der Waals surface area contributed by atoms with Crippen molar-refractivity contribution in [1.29, 1.82) is 0 Å². The highest BCUT2D eigenvalue weighted by Gasteiger charge is 2.33. The number of hydrogen-bond donors (Lipinski definition) is 2. The molecule has 7 nitrogen and oxygen atoms in total. The fraction of sp³-hybridized carbons (Fsp3) is 0.318. The van der Waals surface area contributed by atoms with Gasteiger partial charge in [-0.3, -0.25) is 14.5 Å². The second kappa shape index (κ2) is 7.95. The molecular formula is C22H24N2O5. The molecule has 1 aliphatic rings. The first-order chi connectivity index (χ1) is 13.7. The van der Waals surface area contributed by atoms with Crippen LogP contribution in [0.1, 0.15) is 48.2 Å². The number of rotatable bonds is 5. The maximum absolute atomic E-state index is 12.8. The predicted octanol–water partition coefficient (Wildman–Crippen LogP) is 3.57. The Balaban J connectivity index is 1.88. The summed E-state index contributed by atoms with van der Waals surface area (Å²) in [4.78, 5) is 38.0. The van der Waals surface area contributed by atoms with Crippen LogP contribution in [-0.4, -0.2) is 35.5 Å². The number of aryl methyl sites for hydroxylation is 1. The van der Waals surface area contributed by atoms with Crippen LogP contribution in [0.5, 0.6) is 5.75 Å². The van der Waals surface area contributed by atoms with Gasteiger partial charge in [-0.05, 0) is 49.1 Å². The van der Waals surface area contributed by atoms with Crippen LogP contribution in [0.4, 0.5) is 11.4 Å². The first kappa shape index (κ1) is 20.4. The summed E-state index contributed by atoms with van der Waals surface area (Å²) in [6.45, 7) is 7.40. The van der Waals surface area contributed by atoms with Crippen molar-refractivity contribution >= 4 is 29.2 Å². The molecule has 1 unspecified atom stereocenters. The van der Waals surface area contributed by atoms with E-state index in [0.29, 0.717) is 5.69 Å². The minimum Gasteiger partial charge on any atom is -0.479 e. The summed E-state index contributed by atoms with van der Waals surface area (Å²) >= 11 is 0. The van der Waals surface area contributed by atoms with Gasteiger partial charge in [0.1, 0.15) is 12.3 Å². The monoisotopic (exact) mass is 396 g/mol. The molecule has 2 amide bonds. The van der Waals surface area contributed by atoms with Gasteiger partial charge in [-0.15, -0.1) is 0 Å². The van der Waals surface area contributed by atoms with Gasteiger partial charge in [-0.2, -0.15) is 0 Å². The number of nitrogens with zero attached hydrogens (tertiary/aromatic N) is 1. The van der Waals surface area contributed by atoms with Crippen LogP contribution in [0.3, 0.4) is 0 Å².